The Morgan fingerprint density at radius 1 is 1.32 bits per heavy atom. The molecule has 0 radical (unpaired) electrons. The topological polar surface area (TPSA) is 43.6 Å². The Balaban J connectivity index is 2.72. The lowest BCUT2D eigenvalue weighted by Gasteiger charge is -2.15. The molecule has 0 aliphatic carbocycles. The molecule has 0 fully saturated rings. The van der Waals surface area contributed by atoms with E-state index >= 15 is 0 Å². The van der Waals surface area contributed by atoms with Crippen LogP contribution in [0.1, 0.15) is 25.0 Å². The third-order valence-electron chi connectivity index (χ3n) is 3.75. The molecule has 0 N–H and O–H groups in total. The number of nitrogens with zero attached hydrogens (tertiary/aromatic N) is 2. The molecule has 130 valence electrons. The molecule has 0 amide bonds. The van der Waals surface area contributed by atoms with Gasteiger partial charge < -0.3 is 4.74 Å². The highest BCUT2D eigenvalue weighted by Gasteiger charge is 2.15. The molecule has 0 aliphatic rings. The first kappa shape index (κ1) is 18.3. The van der Waals surface area contributed by atoms with Crippen molar-refractivity contribution in [1.82, 2.24) is 4.57 Å². The average Bonchev–Trinajstić information content (AvgIpc) is 2.60. The number of hydrogen-bond donors (Lipinski definition) is 0. The summed E-state index contributed by atoms with van der Waals surface area (Å²) in [6.45, 7) is 8.03. The molecule has 0 atom stereocenters. The van der Waals surface area contributed by atoms with Crippen molar-refractivity contribution in [2.45, 2.75) is 20.5 Å². The van der Waals surface area contributed by atoms with Crippen molar-refractivity contribution in [2.75, 3.05) is 0 Å². The highest BCUT2D eigenvalue weighted by molar-refractivity contribution is 5.72. The van der Waals surface area contributed by atoms with E-state index in [9.17, 15) is 13.6 Å². The highest BCUT2D eigenvalue weighted by atomic mass is 19.3. The van der Waals surface area contributed by atoms with Crippen LogP contribution < -0.4 is 10.3 Å². The summed E-state index contributed by atoms with van der Waals surface area (Å²) in [5.41, 5.74) is 2.11. The van der Waals surface area contributed by atoms with Crippen LogP contribution in [0.25, 0.3) is 17.3 Å². The summed E-state index contributed by atoms with van der Waals surface area (Å²) in [5.74, 6) is 0.333. The molecule has 25 heavy (non-hydrogen) atoms. The minimum absolute atomic E-state index is 0.00430. The van der Waals surface area contributed by atoms with Gasteiger partial charge in [0.05, 0.1) is 5.69 Å². The number of benzene rings is 1. The fourth-order valence-electron chi connectivity index (χ4n) is 2.39. The van der Waals surface area contributed by atoms with E-state index in [4.69, 9.17) is 0 Å². The highest BCUT2D eigenvalue weighted by Crippen LogP contribution is 2.26. The average molecular weight is 344 g/mol. The molecular weight excluding hydrogens is 326 g/mol. The summed E-state index contributed by atoms with van der Waals surface area (Å²) in [4.78, 5) is 16.9. The Labute approximate surface area is 144 Å². The van der Waals surface area contributed by atoms with E-state index in [0.717, 1.165) is 5.57 Å². The van der Waals surface area contributed by atoms with Gasteiger partial charge in [0, 0.05) is 11.1 Å². The molecule has 0 aliphatic heterocycles. The molecule has 1 aromatic carbocycles. The van der Waals surface area contributed by atoms with Crippen molar-refractivity contribution in [3.05, 3.63) is 64.5 Å². The first-order valence-electron chi connectivity index (χ1n) is 7.50. The Hall–Kier alpha value is -3.02. The van der Waals surface area contributed by atoms with Crippen LogP contribution in [-0.2, 0) is 0 Å². The van der Waals surface area contributed by atoms with E-state index in [1.54, 1.807) is 12.1 Å². The third kappa shape index (κ3) is 3.74. The zero-order valence-corrected chi connectivity index (χ0v) is 14.0. The van der Waals surface area contributed by atoms with Gasteiger partial charge in [-0.3, -0.25) is 9.36 Å². The molecule has 6 heteroatoms. The quantitative estimate of drug-likeness (QED) is 0.704. The Morgan fingerprint density at radius 2 is 1.96 bits per heavy atom. The van der Waals surface area contributed by atoms with Crippen LogP contribution in [0.3, 0.4) is 0 Å². The van der Waals surface area contributed by atoms with E-state index in [1.165, 1.54) is 28.8 Å². The number of allylic oxidation sites excluding steroid dienone is 2. The van der Waals surface area contributed by atoms with E-state index in [1.807, 2.05) is 19.9 Å². The van der Waals surface area contributed by atoms with E-state index in [2.05, 4.69) is 23.0 Å². The van der Waals surface area contributed by atoms with Crippen molar-refractivity contribution in [3.63, 3.8) is 0 Å². The summed E-state index contributed by atoms with van der Waals surface area (Å²) in [5, 5.41) is 0. The van der Waals surface area contributed by atoms with E-state index in [-0.39, 0.29) is 11.3 Å². The lowest BCUT2D eigenvalue weighted by Crippen LogP contribution is -2.22. The number of aromatic nitrogens is 1. The van der Waals surface area contributed by atoms with Gasteiger partial charge in [0.2, 0.25) is 0 Å². The summed E-state index contributed by atoms with van der Waals surface area (Å²) in [6, 6.07) is 7.46. The van der Waals surface area contributed by atoms with Gasteiger partial charge in [-0.25, -0.2) is 4.99 Å². The SMILES string of the molecule is C=Cc1cc(/C(C)=C/C)c(=O)n(-c2ccc(OC(F)F)cc2)c1N=C. The second kappa shape index (κ2) is 7.70. The maximum absolute atomic E-state index is 12.9. The molecule has 0 unspecified atom stereocenters. The number of alkyl halides is 2. The second-order valence-corrected chi connectivity index (χ2v) is 5.18. The van der Waals surface area contributed by atoms with Crippen LogP contribution in [-0.4, -0.2) is 17.9 Å². The molecule has 2 aromatic rings. The van der Waals surface area contributed by atoms with E-state index < -0.39 is 6.61 Å². The summed E-state index contributed by atoms with van der Waals surface area (Å²) < 4.78 is 30.3. The molecule has 0 spiro atoms. The molecular formula is C19H18F2N2O2. The molecule has 2 rings (SSSR count). The maximum atomic E-state index is 12.9. The number of pyridine rings is 1. The zero-order valence-electron chi connectivity index (χ0n) is 14.0. The van der Waals surface area contributed by atoms with Crippen LogP contribution in [0.15, 0.2) is 52.8 Å². The summed E-state index contributed by atoms with van der Waals surface area (Å²) >= 11 is 0. The van der Waals surface area contributed by atoms with Crippen LogP contribution >= 0.6 is 0 Å². The smallest absolute Gasteiger partial charge is 0.387 e. The number of halogens is 2. The van der Waals surface area contributed by atoms with Crippen molar-refractivity contribution in [3.8, 4) is 11.4 Å². The molecule has 4 nitrogen and oxygen atoms in total. The number of rotatable bonds is 6. The van der Waals surface area contributed by atoms with Crippen LogP contribution in [0.2, 0.25) is 0 Å². The normalized spacial score (nSPS) is 11.5. The fourth-order valence-corrected chi connectivity index (χ4v) is 2.39. The molecule has 0 bridgehead atoms. The standard InChI is InChI=1S/C19H18F2N2O2/c1-5-12(3)16-11-13(6-2)17(22-4)23(18(16)24)14-7-9-15(10-8-14)25-19(20)21/h5-11,19H,2,4H2,1,3H3/b12-5+. The van der Waals surface area contributed by atoms with Gasteiger partial charge in [-0.05, 0) is 56.5 Å². The Kier molecular flexibility index (Phi) is 5.64. The van der Waals surface area contributed by atoms with Crippen LogP contribution in [0.5, 0.6) is 5.75 Å². The van der Waals surface area contributed by atoms with Crippen molar-refractivity contribution in [1.29, 1.82) is 0 Å². The minimum atomic E-state index is -2.91. The number of aliphatic imine (C=N–C) groups is 1. The number of hydrogen-bond acceptors (Lipinski definition) is 3. The molecule has 0 saturated carbocycles. The van der Waals surface area contributed by atoms with Gasteiger partial charge in [0.1, 0.15) is 11.6 Å². The summed E-state index contributed by atoms with van der Waals surface area (Å²) in [6.07, 6.45) is 3.41. The Bertz CT molecular complexity index is 882. The van der Waals surface area contributed by atoms with Gasteiger partial charge >= 0.3 is 6.61 Å². The predicted molar refractivity (Wildman–Crippen MR) is 97.3 cm³/mol. The number of ether oxygens (including phenoxy) is 1. The lowest BCUT2D eigenvalue weighted by molar-refractivity contribution is -0.0498. The largest absolute Gasteiger partial charge is 0.435 e. The third-order valence-corrected chi connectivity index (χ3v) is 3.75. The van der Waals surface area contributed by atoms with Gasteiger partial charge in [0.15, 0.2) is 0 Å². The first-order chi connectivity index (χ1) is 11.9. The van der Waals surface area contributed by atoms with Gasteiger partial charge in [-0.1, -0.05) is 18.7 Å². The van der Waals surface area contributed by atoms with Gasteiger partial charge in [-0.2, -0.15) is 8.78 Å². The van der Waals surface area contributed by atoms with Crippen molar-refractivity contribution < 1.29 is 13.5 Å². The lowest BCUT2D eigenvalue weighted by atomic mass is 10.1. The van der Waals surface area contributed by atoms with Gasteiger partial charge in [0.25, 0.3) is 5.56 Å². The molecule has 1 aromatic heterocycles. The van der Waals surface area contributed by atoms with E-state index in [0.29, 0.717) is 22.6 Å². The predicted octanol–water partition coefficient (Wildman–Crippen LogP) is 4.84. The van der Waals surface area contributed by atoms with Crippen LogP contribution in [0.4, 0.5) is 14.6 Å². The van der Waals surface area contributed by atoms with Crippen LogP contribution in [0, 0.1) is 0 Å². The second-order valence-electron chi connectivity index (χ2n) is 5.18. The monoisotopic (exact) mass is 344 g/mol. The van der Waals surface area contributed by atoms with Crippen molar-refractivity contribution in [2.24, 2.45) is 4.99 Å². The molecule has 0 saturated heterocycles. The summed E-state index contributed by atoms with van der Waals surface area (Å²) in [7, 11) is 0. The Morgan fingerprint density at radius 3 is 2.44 bits per heavy atom. The zero-order chi connectivity index (χ0) is 18.6. The molecule has 1 heterocycles. The minimum Gasteiger partial charge on any atom is -0.435 e. The van der Waals surface area contributed by atoms with Gasteiger partial charge in [-0.15, -0.1) is 0 Å². The first-order valence-corrected chi connectivity index (χ1v) is 7.50. The maximum Gasteiger partial charge on any atom is 0.387 e. The fraction of sp³-hybridized carbons (Fsp3) is 0.158. The van der Waals surface area contributed by atoms with Crippen molar-refractivity contribution >= 4 is 24.2 Å².